The first-order chi connectivity index (χ1) is 12.4. The molecule has 3 nitrogen and oxygen atoms in total. The second-order valence-corrected chi connectivity index (χ2v) is 7.77. The van der Waals surface area contributed by atoms with Crippen molar-refractivity contribution in [3.05, 3.63) is 64.7 Å². The highest BCUT2D eigenvalue weighted by atomic mass is 16.1. The maximum atomic E-state index is 12.6. The van der Waals surface area contributed by atoms with Crippen LogP contribution in [0.2, 0.25) is 0 Å². The van der Waals surface area contributed by atoms with Gasteiger partial charge < -0.3 is 10.2 Å². The summed E-state index contributed by atoms with van der Waals surface area (Å²) in [5.41, 5.74) is 5.30. The third-order valence-electron chi connectivity index (χ3n) is 5.53. The van der Waals surface area contributed by atoms with Crippen molar-refractivity contribution in [2.75, 3.05) is 18.0 Å². The summed E-state index contributed by atoms with van der Waals surface area (Å²) < 4.78 is 0. The number of hydrogen-bond acceptors (Lipinski definition) is 2. The zero-order valence-electron chi connectivity index (χ0n) is 16.4. The van der Waals surface area contributed by atoms with Gasteiger partial charge in [-0.25, -0.2) is 0 Å². The van der Waals surface area contributed by atoms with Crippen LogP contribution in [0.3, 0.4) is 0 Å². The Labute approximate surface area is 157 Å². The van der Waals surface area contributed by atoms with Crippen LogP contribution in [0.25, 0.3) is 0 Å². The lowest BCUT2D eigenvalue weighted by Gasteiger charge is -2.32. The van der Waals surface area contributed by atoms with Gasteiger partial charge in [-0.2, -0.15) is 0 Å². The number of hydrogen-bond donors (Lipinski definition) is 1. The van der Waals surface area contributed by atoms with E-state index in [-0.39, 0.29) is 11.9 Å². The van der Waals surface area contributed by atoms with E-state index in [0.29, 0.717) is 0 Å². The highest BCUT2D eigenvalue weighted by molar-refractivity contribution is 5.96. The lowest BCUT2D eigenvalue weighted by molar-refractivity contribution is 0.0939. The van der Waals surface area contributed by atoms with Gasteiger partial charge in [0.25, 0.3) is 5.91 Å². The molecule has 0 aliphatic carbocycles. The zero-order valence-corrected chi connectivity index (χ0v) is 16.4. The van der Waals surface area contributed by atoms with Gasteiger partial charge in [-0.1, -0.05) is 36.8 Å². The number of rotatable bonds is 4. The van der Waals surface area contributed by atoms with Gasteiger partial charge in [-0.15, -0.1) is 0 Å². The largest absolute Gasteiger partial charge is 0.372 e. The molecule has 1 atom stereocenters. The van der Waals surface area contributed by atoms with Gasteiger partial charge in [0, 0.05) is 24.3 Å². The molecule has 1 saturated heterocycles. The average molecular weight is 351 g/mol. The third-order valence-corrected chi connectivity index (χ3v) is 5.53. The molecule has 1 aliphatic heterocycles. The van der Waals surface area contributed by atoms with E-state index in [0.717, 1.165) is 41.3 Å². The lowest BCUT2D eigenvalue weighted by atomic mass is 9.98. The third kappa shape index (κ3) is 4.27. The first-order valence-corrected chi connectivity index (χ1v) is 9.67. The monoisotopic (exact) mass is 350 g/mol. The Morgan fingerprint density at radius 1 is 1.08 bits per heavy atom. The number of benzene rings is 2. The molecule has 3 heteroatoms. The van der Waals surface area contributed by atoms with Crippen molar-refractivity contribution >= 4 is 11.6 Å². The van der Waals surface area contributed by atoms with Crippen molar-refractivity contribution in [2.45, 2.75) is 46.6 Å². The number of nitrogens with one attached hydrogen (secondary N) is 1. The minimum absolute atomic E-state index is 0.00667. The fourth-order valence-corrected chi connectivity index (χ4v) is 3.58. The number of carbonyl (C=O) groups excluding carboxylic acids is 1. The summed E-state index contributed by atoms with van der Waals surface area (Å²) in [5.74, 6) is 0.832. The van der Waals surface area contributed by atoms with Crippen LogP contribution in [0.1, 0.15) is 59.8 Å². The molecule has 2 aromatic rings. The number of amides is 1. The lowest BCUT2D eigenvalue weighted by Crippen LogP contribution is -2.32. The zero-order chi connectivity index (χ0) is 18.7. The normalized spacial score (nSPS) is 16.4. The first kappa shape index (κ1) is 18.5. The molecule has 1 fully saturated rings. The molecule has 0 unspecified atom stereocenters. The predicted octanol–water partition coefficient (Wildman–Crippen LogP) is 5.03. The topological polar surface area (TPSA) is 32.3 Å². The summed E-state index contributed by atoms with van der Waals surface area (Å²) in [5, 5.41) is 3.13. The van der Waals surface area contributed by atoms with E-state index in [1.165, 1.54) is 18.5 Å². The molecule has 0 spiro atoms. The highest BCUT2D eigenvalue weighted by Gasteiger charge is 2.17. The smallest absolute Gasteiger partial charge is 0.252 e. The second-order valence-electron chi connectivity index (χ2n) is 7.77. The Morgan fingerprint density at radius 2 is 1.73 bits per heavy atom. The minimum atomic E-state index is -0.0159. The molecule has 138 valence electrons. The van der Waals surface area contributed by atoms with Gasteiger partial charge in [0.15, 0.2) is 0 Å². The average Bonchev–Trinajstić information content (AvgIpc) is 2.64. The van der Waals surface area contributed by atoms with Gasteiger partial charge in [-0.05, 0) is 68.9 Å². The van der Waals surface area contributed by atoms with Crippen molar-refractivity contribution in [3.8, 4) is 0 Å². The van der Waals surface area contributed by atoms with E-state index in [2.05, 4.69) is 41.4 Å². The van der Waals surface area contributed by atoms with Gasteiger partial charge in [0.1, 0.15) is 0 Å². The fraction of sp³-hybridized carbons (Fsp3) is 0.435. The maximum Gasteiger partial charge on any atom is 0.252 e. The number of carbonyl (C=O) groups is 1. The maximum absolute atomic E-state index is 12.6. The van der Waals surface area contributed by atoms with Crippen molar-refractivity contribution < 1.29 is 4.79 Å². The van der Waals surface area contributed by atoms with E-state index in [4.69, 9.17) is 0 Å². The summed E-state index contributed by atoms with van der Waals surface area (Å²) in [6.07, 6.45) is 2.54. The molecule has 1 N–H and O–H groups in total. The highest BCUT2D eigenvalue weighted by Crippen LogP contribution is 2.25. The van der Waals surface area contributed by atoms with Crippen LogP contribution in [-0.4, -0.2) is 19.0 Å². The summed E-state index contributed by atoms with van der Waals surface area (Å²) >= 11 is 0. The Balaban J connectivity index is 1.65. The molecule has 26 heavy (non-hydrogen) atoms. The Bertz CT molecular complexity index is 758. The van der Waals surface area contributed by atoms with E-state index < -0.39 is 0 Å². The molecule has 1 heterocycles. The van der Waals surface area contributed by atoms with Crippen LogP contribution in [0.5, 0.6) is 0 Å². The Morgan fingerprint density at radius 3 is 2.38 bits per heavy atom. The number of anilines is 1. The van der Waals surface area contributed by atoms with E-state index in [1.807, 2.05) is 39.0 Å². The summed E-state index contributed by atoms with van der Waals surface area (Å²) in [6.45, 7) is 10.6. The SMILES string of the molecule is Cc1ccc(C)c(C(=O)N[C@H](C)c2ccc(N3CCC(C)CC3)cc2)c1. The van der Waals surface area contributed by atoms with Gasteiger partial charge >= 0.3 is 0 Å². The number of aryl methyl sites for hydroxylation is 2. The van der Waals surface area contributed by atoms with Crippen LogP contribution in [0.15, 0.2) is 42.5 Å². The van der Waals surface area contributed by atoms with E-state index in [9.17, 15) is 4.79 Å². The summed E-state index contributed by atoms with van der Waals surface area (Å²) in [7, 11) is 0. The van der Waals surface area contributed by atoms with Crippen LogP contribution in [0.4, 0.5) is 5.69 Å². The fourth-order valence-electron chi connectivity index (χ4n) is 3.58. The van der Waals surface area contributed by atoms with E-state index >= 15 is 0 Å². The molecule has 2 aromatic carbocycles. The van der Waals surface area contributed by atoms with Gasteiger partial charge in [0.05, 0.1) is 6.04 Å². The van der Waals surface area contributed by atoms with Crippen LogP contribution < -0.4 is 10.2 Å². The molecular weight excluding hydrogens is 320 g/mol. The molecule has 0 saturated carbocycles. The van der Waals surface area contributed by atoms with E-state index in [1.54, 1.807) is 0 Å². The van der Waals surface area contributed by atoms with Crippen molar-refractivity contribution in [1.29, 1.82) is 0 Å². The first-order valence-electron chi connectivity index (χ1n) is 9.67. The van der Waals surface area contributed by atoms with Gasteiger partial charge in [-0.3, -0.25) is 4.79 Å². The van der Waals surface area contributed by atoms with Crippen LogP contribution in [-0.2, 0) is 0 Å². The number of piperidine rings is 1. The molecule has 1 aliphatic rings. The summed E-state index contributed by atoms with van der Waals surface area (Å²) in [4.78, 5) is 15.1. The molecule has 0 bridgehead atoms. The van der Waals surface area contributed by atoms with Crippen molar-refractivity contribution in [3.63, 3.8) is 0 Å². The Hall–Kier alpha value is -2.29. The molecule has 3 rings (SSSR count). The van der Waals surface area contributed by atoms with Gasteiger partial charge in [0.2, 0.25) is 0 Å². The molecule has 0 aromatic heterocycles. The quantitative estimate of drug-likeness (QED) is 0.839. The number of nitrogens with zero attached hydrogens (tertiary/aromatic N) is 1. The van der Waals surface area contributed by atoms with Crippen LogP contribution in [0, 0.1) is 19.8 Å². The second kappa shape index (κ2) is 7.94. The Kier molecular flexibility index (Phi) is 5.65. The minimum Gasteiger partial charge on any atom is -0.372 e. The molecular formula is C23H30N2O. The van der Waals surface area contributed by atoms with Crippen LogP contribution >= 0.6 is 0 Å². The molecule has 0 radical (unpaired) electrons. The molecule has 1 amide bonds. The predicted molar refractivity (Wildman–Crippen MR) is 109 cm³/mol. The summed E-state index contributed by atoms with van der Waals surface area (Å²) in [6, 6.07) is 14.6. The van der Waals surface area contributed by atoms with Crippen molar-refractivity contribution in [1.82, 2.24) is 5.32 Å². The van der Waals surface area contributed by atoms with Crippen molar-refractivity contribution in [2.24, 2.45) is 5.92 Å². The standard InChI is InChI=1S/C23H30N2O/c1-16-11-13-25(14-12-16)21-9-7-20(8-10-21)19(4)24-23(26)22-15-17(2)5-6-18(22)3/h5-10,15-16,19H,11-14H2,1-4H3,(H,24,26)/t19-/m1/s1.